The Morgan fingerprint density at radius 2 is 1.95 bits per heavy atom. The van der Waals surface area contributed by atoms with E-state index in [4.69, 9.17) is 0 Å². The summed E-state index contributed by atoms with van der Waals surface area (Å²) < 4.78 is 0. The Bertz CT molecular complexity index is 279. The molecule has 0 saturated carbocycles. The van der Waals surface area contributed by atoms with E-state index in [2.05, 4.69) is 29.0 Å². The van der Waals surface area contributed by atoms with E-state index in [1.54, 1.807) is 0 Å². The van der Waals surface area contributed by atoms with Gasteiger partial charge in [-0.05, 0) is 25.3 Å². The van der Waals surface area contributed by atoms with Gasteiger partial charge in [-0.1, -0.05) is 20.3 Å². The molecule has 0 aromatic rings. The number of piperidine rings is 1. The number of hydrogen-bond acceptors (Lipinski definition) is 3. The molecule has 1 N–H and O–H groups in total. The first-order chi connectivity index (χ1) is 9.15. The maximum atomic E-state index is 12.3. The Hall–Kier alpha value is -0.610. The van der Waals surface area contributed by atoms with Crippen LogP contribution in [0.2, 0.25) is 0 Å². The zero-order valence-corrected chi connectivity index (χ0v) is 12.5. The van der Waals surface area contributed by atoms with E-state index in [9.17, 15) is 4.79 Å². The average Bonchev–Trinajstić information content (AvgIpc) is 2.40. The molecule has 0 aromatic carbocycles. The zero-order chi connectivity index (χ0) is 13.7. The SMILES string of the molecule is CC(C)CN1CCN(C(=O)CC2CCCCN2)CC1. The average molecular weight is 267 g/mol. The molecule has 1 amide bonds. The van der Waals surface area contributed by atoms with Crippen molar-refractivity contribution in [3.63, 3.8) is 0 Å². The molecule has 2 heterocycles. The van der Waals surface area contributed by atoms with E-state index in [-0.39, 0.29) is 0 Å². The van der Waals surface area contributed by atoms with Crippen molar-refractivity contribution in [2.45, 2.75) is 45.6 Å². The minimum absolute atomic E-state index is 0.351. The van der Waals surface area contributed by atoms with Gasteiger partial charge in [0.15, 0.2) is 0 Å². The van der Waals surface area contributed by atoms with Crippen LogP contribution in [0.5, 0.6) is 0 Å². The van der Waals surface area contributed by atoms with Crippen LogP contribution in [0, 0.1) is 5.92 Å². The van der Waals surface area contributed by atoms with Gasteiger partial charge >= 0.3 is 0 Å². The smallest absolute Gasteiger partial charge is 0.224 e. The Morgan fingerprint density at radius 1 is 1.21 bits per heavy atom. The second-order valence-electron chi connectivity index (χ2n) is 6.43. The highest BCUT2D eigenvalue weighted by Crippen LogP contribution is 2.13. The van der Waals surface area contributed by atoms with Gasteiger partial charge in [0.1, 0.15) is 0 Å². The van der Waals surface area contributed by atoms with Crippen molar-refractivity contribution in [1.82, 2.24) is 15.1 Å². The lowest BCUT2D eigenvalue weighted by atomic mass is 10.0. The van der Waals surface area contributed by atoms with E-state index in [0.717, 1.165) is 39.3 Å². The Morgan fingerprint density at radius 3 is 2.53 bits per heavy atom. The van der Waals surface area contributed by atoms with Crippen molar-refractivity contribution in [3.05, 3.63) is 0 Å². The molecule has 4 nitrogen and oxygen atoms in total. The maximum absolute atomic E-state index is 12.3. The normalized spacial score (nSPS) is 25.8. The monoisotopic (exact) mass is 267 g/mol. The molecule has 19 heavy (non-hydrogen) atoms. The highest BCUT2D eigenvalue weighted by Gasteiger charge is 2.24. The number of carbonyl (C=O) groups is 1. The molecule has 2 fully saturated rings. The molecule has 0 radical (unpaired) electrons. The highest BCUT2D eigenvalue weighted by molar-refractivity contribution is 5.77. The maximum Gasteiger partial charge on any atom is 0.224 e. The van der Waals surface area contributed by atoms with Crippen LogP contribution < -0.4 is 5.32 Å². The van der Waals surface area contributed by atoms with Gasteiger partial charge in [-0.25, -0.2) is 0 Å². The van der Waals surface area contributed by atoms with Gasteiger partial charge in [0, 0.05) is 45.2 Å². The summed E-state index contributed by atoms with van der Waals surface area (Å²) in [6.07, 6.45) is 4.40. The van der Waals surface area contributed by atoms with E-state index >= 15 is 0 Å². The summed E-state index contributed by atoms with van der Waals surface area (Å²) in [7, 11) is 0. The second kappa shape index (κ2) is 7.25. The number of rotatable bonds is 4. The van der Waals surface area contributed by atoms with Gasteiger partial charge in [0.2, 0.25) is 5.91 Å². The first-order valence-electron chi connectivity index (χ1n) is 7.88. The molecule has 4 heteroatoms. The number of nitrogens with one attached hydrogen (secondary N) is 1. The molecule has 1 unspecified atom stereocenters. The molecule has 0 aromatic heterocycles. The standard InChI is InChI=1S/C15H29N3O/c1-13(2)12-17-7-9-18(10-8-17)15(19)11-14-5-3-4-6-16-14/h13-14,16H,3-12H2,1-2H3. The molecule has 2 aliphatic rings. The van der Waals surface area contributed by atoms with Crippen molar-refractivity contribution in [2.75, 3.05) is 39.3 Å². The van der Waals surface area contributed by atoms with Gasteiger partial charge in [-0.2, -0.15) is 0 Å². The Balaban J connectivity index is 1.69. The largest absolute Gasteiger partial charge is 0.340 e. The molecule has 2 aliphatic heterocycles. The predicted octanol–water partition coefficient (Wildman–Crippen LogP) is 1.32. The molecule has 110 valence electrons. The van der Waals surface area contributed by atoms with Crippen LogP contribution in [0.3, 0.4) is 0 Å². The van der Waals surface area contributed by atoms with Crippen LogP contribution in [0.25, 0.3) is 0 Å². The first kappa shape index (κ1) is 14.8. The second-order valence-corrected chi connectivity index (χ2v) is 6.43. The summed E-state index contributed by atoms with van der Waals surface area (Å²) in [6, 6.07) is 0.426. The Labute approximate surface area is 117 Å². The van der Waals surface area contributed by atoms with Gasteiger partial charge in [-0.15, -0.1) is 0 Å². The van der Waals surface area contributed by atoms with Crippen LogP contribution in [-0.4, -0.2) is 61.0 Å². The van der Waals surface area contributed by atoms with Crippen LogP contribution >= 0.6 is 0 Å². The number of nitrogens with zero attached hydrogens (tertiary/aromatic N) is 2. The predicted molar refractivity (Wildman–Crippen MR) is 78.1 cm³/mol. The topological polar surface area (TPSA) is 35.6 Å². The zero-order valence-electron chi connectivity index (χ0n) is 12.5. The van der Waals surface area contributed by atoms with E-state index in [1.165, 1.54) is 19.3 Å². The lowest BCUT2D eigenvalue weighted by Gasteiger charge is -2.36. The van der Waals surface area contributed by atoms with Crippen LogP contribution in [0.1, 0.15) is 39.5 Å². The fourth-order valence-electron chi connectivity index (χ4n) is 3.13. The third-order valence-electron chi connectivity index (χ3n) is 4.18. The molecule has 0 spiro atoms. The van der Waals surface area contributed by atoms with Gasteiger partial charge in [-0.3, -0.25) is 9.69 Å². The van der Waals surface area contributed by atoms with Crippen LogP contribution in [-0.2, 0) is 4.79 Å². The number of carbonyl (C=O) groups excluding carboxylic acids is 1. The van der Waals surface area contributed by atoms with Crippen molar-refractivity contribution >= 4 is 5.91 Å². The summed E-state index contributed by atoms with van der Waals surface area (Å²) >= 11 is 0. The summed E-state index contributed by atoms with van der Waals surface area (Å²) in [4.78, 5) is 16.8. The molecule has 2 saturated heterocycles. The van der Waals surface area contributed by atoms with E-state index in [0.29, 0.717) is 24.3 Å². The lowest BCUT2D eigenvalue weighted by Crippen LogP contribution is -2.50. The number of amides is 1. The van der Waals surface area contributed by atoms with Gasteiger partial charge < -0.3 is 10.2 Å². The fraction of sp³-hybridized carbons (Fsp3) is 0.933. The minimum Gasteiger partial charge on any atom is -0.340 e. The van der Waals surface area contributed by atoms with Crippen molar-refractivity contribution < 1.29 is 4.79 Å². The quantitative estimate of drug-likeness (QED) is 0.834. The fourth-order valence-corrected chi connectivity index (χ4v) is 3.13. The van der Waals surface area contributed by atoms with Crippen molar-refractivity contribution in [1.29, 1.82) is 0 Å². The number of hydrogen-bond donors (Lipinski definition) is 1. The lowest BCUT2D eigenvalue weighted by molar-refractivity contribution is -0.133. The first-order valence-corrected chi connectivity index (χ1v) is 7.88. The minimum atomic E-state index is 0.351. The Kier molecular flexibility index (Phi) is 5.64. The molecular weight excluding hydrogens is 238 g/mol. The third kappa shape index (κ3) is 4.77. The molecule has 2 rings (SSSR count). The third-order valence-corrected chi connectivity index (χ3v) is 4.18. The van der Waals surface area contributed by atoms with Gasteiger partial charge in [0.25, 0.3) is 0 Å². The summed E-state index contributed by atoms with van der Waals surface area (Å²) in [6.45, 7) is 10.7. The molecular formula is C15H29N3O. The van der Waals surface area contributed by atoms with Crippen molar-refractivity contribution in [2.24, 2.45) is 5.92 Å². The molecule has 0 aliphatic carbocycles. The van der Waals surface area contributed by atoms with Gasteiger partial charge in [0.05, 0.1) is 0 Å². The highest BCUT2D eigenvalue weighted by atomic mass is 16.2. The summed E-state index contributed by atoms with van der Waals surface area (Å²) in [5, 5.41) is 3.47. The molecule has 1 atom stereocenters. The summed E-state index contributed by atoms with van der Waals surface area (Å²) in [5.74, 6) is 1.07. The van der Waals surface area contributed by atoms with Crippen LogP contribution in [0.4, 0.5) is 0 Å². The van der Waals surface area contributed by atoms with Crippen LogP contribution in [0.15, 0.2) is 0 Å². The van der Waals surface area contributed by atoms with E-state index < -0.39 is 0 Å². The molecule has 0 bridgehead atoms. The number of piperazine rings is 1. The van der Waals surface area contributed by atoms with E-state index in [1.807, 2.05) is 0 Å². The van der Waals surface area contributed by atoms with Crippen molar-refractivity contribution in [3.8, 4) is 0 Å². The summed E-state index contributed by atoms with van der Waals surface area (Å²) in [5.41, 5.74) is 0.